The van der Waals surface area contributed by atoms with Gasteiger partial charge in [-0.15, -0.1) is 0 Å². The number of carbonyl (C=O) groups is 2. The highest BCUT2D eigenvalue weighted by Crippen LogP contribution is 2.40. The van der Waals surface area contributed by atoms with E-state index in [-0.39, 0.29) is 24.7 Å². The van der Waals surface area contributed by atoms with Gasteiger partial charge in [0.25, 0.3) is 0 Å². The molecule has 0 aliphatic heterocycles. The summed E-state index contributed by atoms with van der Waals surface area (Å²) >= 11 is 0. The van der Waals surface area contributed by atoms with Crippen molar-refractivity contribution in [2.24, 2.45) is 13.0 Å². The van der Waals surface area contributed by atoms with E-state index in [9.17, 15) is 9.59 Å². The highest BCUT2D eigenvalue weighted by molar-refractivity contribution is 5.88. The summed E-state index contributed by atoms with van der Waals surface area (Å²) in [5.41, 5.74) is 1.17. The molecule has 0 spiro atoms. The Labute approximate surface area is 152 Å². The largest absolute Gasteiger partial charge is 0.480 e. The number of aryl methyl sites for hydroxylation is 1. The molecule has 0 saturated heterocycles. The first kappa shape index (κ1) is 17.3. The van der Waals surface area contributed by atoms with Gasteiger partial charge in [-0.1, -0.05) is 0 Å². The Morgan fingerprint density at radius 1 is 1.31 bits per heavy atom. The summed E-state index contributed by atoms with van der Waals surface area (Å²) in [7, 11) is 1.91. The molecule has 0 unspecified atom stereocenters. The number of carboxylic acid groups (broad SMARTS) is 1. The zero-order valence-electron chi connectivity index (χ0n) is 15.1. The quantitative estimate of drug-likeness (QED) is 0.655. The average molecular weight is 361 g/mol. The van der Waals surface area contributed by atoms with Crippen molar-refractivity contribution in [3.05, 3.63) is 11.8 Å². The smallest absolute Gasteiger partial charge is 0.320 e. The highest BCUT2D eigenvalue weighted by Gasteiger charge is 2.37. The Balaban J connectivity index is 1.23. The maximum atomic E-state index is 12.2. The lowest BCUT2D eigenvalue weighted by Crippen LogP contribution is -2.55. The van der Waals surface area contributed by atoms with Gasteiger partial charge in [-0.05, 0) is 44.4 Å². The standard InChI is InChI=1S/C18H27N5O3/c1-22-15(12-4-5-12)8-16(21-22)20-18(26)19-13-6-14(7-13)23(10-17(24)25)9-11-2-3-11/h8,11-14H,2-7,9-10H2,1H3,(H,24,25)(H2,19,20,21,26). The zero-order valence-corrected chi connectivity index (χ0v) is 15.1. The lowest BCUT2D eigenvalue weighted by molar-refractivity contribution is -0.139. The van der Waals surface area contributed by atoms with Crippen LogP contribution in [-0.2, 0) is 11.8 Å². The number of carboxylic acids is 1. The first-order valence-electron chi connectivity index (χ1n) is 9.55. The van der Waals surface area contributed by atoms with Crippen LogP contribution in [0.1, 0.15) is 50.1 Å². The number of anilines is 1. The molecule has 3 fully saturated rings. The van der Waals surface area contributed by atoms with Crippen LogP contribution in [-0.4, -0.2) is 57.0 Å². The van der Waals surface area contributed by atoms with Gasteiger partial charge < -0.3 is 10.4 Å². The van der Waals surface area contributed by atoms with E-state index >= 15 is 0 Å². The minimum Gasteiger partial charge on any atom is -0.480 e. The monoisotopic (exact) mass is 361 g/mol. The van der Waals surface area contributed by atoms with Crippen molar-refractivity contribution in [3.8, 4) is 0 Å². The van der Waals surface area contributed by atoms with Crippen LogP contribution in [0.4, 0.5) is 10.6 Å². The average Bonchev–Trinajstić information content (AvgIpc) is 3.42. The molecule has 0 bridgehead atoms. The highest BCUT2D eigenvalue weighted by atomic mass is 16.4. The van der Waals surface area contributed by atoms with Crippen molar-refractivity contribution in [3.63, 3.8) is 0 Å². The summed E-state index contributed by atoms with van der Waals surface area (Å²) in [6, 6.07) is 2.07. The van der Waals surface area contributed by atoms with Crippen LogP contribution in [0.3, 0.4) is 0 Å². The molecule has 3 saturated carbocycles. The first-order chi connectivity index (χ1) is 12.5. The fourth-order valence-electron chi connectivity index (χ4n) is 3.79. The second-order valence-corrected chi connectivity index (χ2v) is 8.04. The Morgan fingerprint density at radius 3 is 2.65 bits per heavy atom. The Hall–Kier alpha value is -2.09. The number of aliphatic carboxylic acids is 1. The minimum atomic E-state index is -0.776. The summed E-state index contributed by atoms with van der Waals surface area (Å²) in [5.74, 6) is 1.06. The lowest BCUT2D eigenvalue weighted by Gasteiger charge is -2.42. The van der Waals surface area contributed by atoms with E-state index in [0.29, 0.717) is 17.7 Å². The van der Waals surface area contributed by atoms with E-state index in [1.165, 1.54) is 31.4 Å². The number of nitrogens with zero attached hydrogens (tertiary/aromatic N) is 3. The second kappa shape index (κ2) is 6.90. The molecule has 2 amide bonds. The molecule has 8 heteroatoms. The molecular weight excluding hydrogens is 334 g/mol. The van der Waals surface area contributed by atoms with Gasteiger partial charge in [-0.25, -0.2) is 4.79 Å². The molecule has 3 N–H and O–H groups in total. The summed E-state index contributed by atoms with van der Waals surface area (Å²) < 4.78 is 1.84. The number of nitrogens with one attached hydrogen (secondary N) is 2. The van der Waals surface area contributed by atoms with Crippen LogP contribution in [0.2, 0.25) is 0 Å². The molecule has 4 rings (SSSR count). The van der Waals surface area contributed by atoms with Gasteiger partial charge in [-0.3, -0.25) is 19.7 Å². The normalized spacial score (nSPS) is 25.0. The van der Waals surface area contributed by atoms with Crippen molar-refractivity contribution >= 4 is 17.8 Å². The van der Waals surface area contributed by atoms with E-state index in [1.54, 1.807) is 0 Å². The Kier molecular flexibility index (Phi) is 4.60. The second-order valence-electron chi connectivity index (χ2n) is 8.04. The lowest BCUT2D eigenvalue weighted by atomic mass is 9.85. The fourth-order valence-corrected chi connectivity index (χ4v) is 3.79. The van der Waals surface area contributed by atoms with Crippen molar-refractivity contribution in [1.82, 2.24) is 20.0 Å². The SMILES string of the molecule is Cn1nc(NC(=O)NC2CC(N(CC(=O)O)CC3CC3)C2)cc1C1CC1. The summed E-state index contributed by atoms with van der Waals surface area (Å²) in [6.07, 6.45) is 6.43. The third kappa shape index (κ3) is 4.17. The molecule has 0 aromatic carbocycles. The molecule has 0 atom stereocenters. The van der Waals surface area contributed by atoms with Crippen molar-refractivity contribution in [2.75, 3.05) is 18.4 Å². The molecule has 3 aliphatic carbocycles. The molecule has 8 nitrogen and oxygen atoms in total. The summed E-state index contributed by atoms with van der Waals surface area (Å²) in [6.45, 7) is 0.964. The number of carbonyl (C=O) groups excluding carboxylic acids is 1. The summed E-state index contributed by atoms with van der Waals surface area (Å²) in [4.78, 5) is 25.3. The van der Waals surface area contributed by atoms with Crippen molar-refractivity contribution in [2.45, 2.75) is 56.5 Å². The van der Waals surface area contributed by atoms with Crippen LogP contribution in [0, 0.1) is 5.92 Å². The van der Waals surface area contributed by atoms with Crippen molar-refractivity contribution in [1.29, 1.82) is 0 Å². The van der Waals surface area contributed by atoms with E-state index in [1.807, 2.05) is 17.8 Å². The topological polar surface area (TPSA) is 99.5 Å². The number of aromatic nitrogens is 2. The predicted octanol–water partition coefficient (Wildman–Crippen LogP) is 1.75. The van der Waals surface area contributed by atoms with Crippen LogP contribution < -0.4 is 10.6 Å². The molecule has 0 radical (unpaired) electrons. The molecule has 1 heterocycles. The summed E-state index contributed by atoms with van der Waals surface area (Å²) in [5, 5.41) is 19.2. The number of rotatable bonds is 8. The number of hydrogen-bond acceptors (Lipinski definition) is 4. The van der Waals surface area contributed by atoms with Gasteiger partial charge >= 0.3 is 12.0 Å². The maximum absolute atomic E-state index is 12.2. The van der Waals surface area contributed by atoms with Crippen LogP contribution in [0.25, 0.3) is 0 Å². The van der Waals surface area contributed by atoms with E-state index in [0.717, 1.165) is 19.4 Å². The third-order valence-electron chi connectivity index (χ3n) is 5.65. The first-order valence-corrected chi connectivity index (χ1v) is 9.55. The number of hydrogen-bond donors (Lipinski definition) is 3. The molecular formula is C18H27N5O3. The van der Waals surface area contributed by atoms with E-state index in [4.69, 9.17) is 5.11 Å². The van der Waals surface area contributed by atoms with E-state index < -0.39 is 5.97 Å². The minimum absolute atomic E-state index is 0.0952. The van der Waals surface area contributed by atoms with Gasteiger partial charge in [-0.2, -0.15) is 5.10 Å². The predicted molar refractivity (Wildman–Crippen MR) is 96.1 cm³/mol. The number of amides is 2. The third-order valence-corrected chi connectivity index (χ3v) is 5.65. The maximum Gasteiger partial charge on any atom is 0.320 e. The molecule has 26 heavy (non-hydrogen) atoms. The van der Waals surface area contributed by atoms with E-state index in [2.05, 4.69) is 20.6 Å². The fraction of sp³-hybridized carbons (Fsp3) is 0.722. The van der Waals surface area contributed by atoms with Gasteiger partial charge in [0.1, 0.15) is 0 Å². The molecule has 1 aromatic rings. The zero-order chi connectivity index (χ0) is 18.3. The van der Waals surface area contributed by atoms with Gasteiger partial charge in [0.15, 0.2) is 5.82 Å². The Bertz CT molecular complexity index is 689. The molecule has 142 valence electrons. The number of urea groups is 1. The van der Waals surface area contributed by atoms with Gasteiger partial charge in [0.05, 0.1) is 6.54 Å². The van der Waals surface area contributed by atoms with Crippen molar-refractivity contribution < 1.29 is 14.7 Å². The van der Waals surface area contributed by atoms with Gasteiger partial charge in [0, 0.05) is 43.4 Å². The van der Waals surface area contributed by atoms with Crippen LogP contribution >= 0.6 is 0 Å². The van der Waals surface area contributed by atoms with Gasteiger partial charge in [0.2, 0.25) is 0 Å². The molecule has 3 aliphatic rings. The Morgan fingerprint density at radius 2 is 2.04 bits per heavy atom. The van der Waals surface area contributed by atoms with Crippen LogP contribution in [0.15, 0.2) is 6.07 Å². The molecule has 1 aromatic heterocycles. The van der Waals surface area contributed by atoms with Crippen LogP contribution in [0.5, 0.6) is 0 Å².